The molecular formula is C20H24N4O4S. The molecule has 0 bridgehead atoms. The van der Waals surface area contributed by atoms with Crippen molar-refractivity contribution in [3.8, 4) is 0 Å². The molecule has 0 radical (unpaired) electrons. The van der Waals surface area contributed by atoms with E-state index in [9.17, 15) is 9.00 Å². The summed E-state index contributed by atoms with van der Waals surface area (Å²) in [4.78, 5) is 21.7. The number of fused-ring (bicyclic) bond motifs is 1. The first kappa shape index (κ1) is 19.8. The van der Waals surface area contributed by atoms with Crippen molar-refractivity contribution in [3.63, 3.8) is 0 Å². The zero-order valence-corrected chi connectivity index (χ0v) is 17.2. The second-order valence-corrected chi connectivity index (χ2v) is 8.23. The van der Waals surface area contributed by atoms with E-state index in [0.29, 0.717) is 23.9 Å². The van der Waals surface area contributed by atoms with Crippen LogP contribution in [0.4, 0.5) is 23.0 Å². The van der Waals surface area contributed by atoms with E-state index in [1.165, 1.54) is 0 Å². The molecule has 0 spiro atoms. The molecule has 1 fully saturated rings. The summed E-state index contributed by atoms with van der Waals surface area (Å²) in [6, 6.07) is 10.3. The van der Waals surface area contributed by atoms with Gasteiger partial charge in [0, 0.05) is 32.0 Å². The predicted octanol–water partition coefficient (Wildman–Crippen LogP) is 2.76. The van der Waals surface area contributed by atoms with Crippen LogP contribution in [0.5, 0.6) is 0 Å². The number of carbonyl (C=O) groups excluding carboxylic acids is 1. The summed E-state index contributed by atoms with van der Waals surface area (Å²) in [6.45, 7) is 3.29. The number of nitrogens with zero attached hydrogens (tertiary/aromatic N) is 3. The molecule has 8 nitrogen and oxygen atoms in total. The third-order valence-corrected chi connectivity index (χ3v) is 6.15. The molecule has 9 heteroatoms. The maximum atomic E-state index is 12.8. The summed E-state index contributed by atoms with van der Waals surface area (Å²) in [6.07, 6.45) is 1.72. The van der Waals surface area contributed by atoms with E-state index in [-0.39, 0.29) is 18.0 Å². The van der Waals surface area contributed by atoms with Crippen molar-refractivity contribution < 1.29 is 18.3 Å². The Kier molecular flexibility index (Phi) is 5.53. The smallest absolute Gasteiger partial charge is 0.249 e. The van der Waals surface area contributed by atoms with Crippen LogP contribution in [0, 0.1) is 0 Å². The van der Waals surface area contributed by atoms with Crippen LogP contribution in [-0.4, -0.2) is 52.0 Å². The van der Waals surface area contributed by atoms with Crippen molar-refractivity contribution in [2.75, 3.05) is 35.4 Å². The first-order chi connectivity index (χ1) is 14.0. The molecule has 1 amide bonds. The van der Waals surface area contributed by atoms with E-state index in [4.69, 9.17) is 14.3 Å². The van der Waals surface area contributed by atoms with Gasteiger partial charge in [-0.15, -0.1) is 0 Å². The minimum Gasteiger partial charge on any atom is -0.381 e. The van der Waals surface area contributed by atoms with E-state index in [2.05, 4.69) is 10.2 Å². The van der Waals surface area contributed by atoms with Crippen LogP contribution >= 0.6 is 0 Å². The lowest BCUT2D eigenvalue weighted by atomic mass is 10.0. The topological polar surface area (TPSA) is 95.0 Å². The first-order valence-electron chi connectivity index (χ1n) is 9.58. The predicted molar refractivity (Wildman–Crippen MR) is 112 cm³/mol. The Labute approximate surface area is 172 Å². The zero-order chi connectivity index (χ0) is 20.5. The van der Waals surface area contributed by atoms with Gasteiger partial charge in [0.1, 0.15) is 11.9 Å². The van der Waals surface area contributed by atoms with Gasteiger partial charge in [0.15, 0.2) is 16.9 Å². The number of hydrogen-bond donors (Lipinski definition) is 2. The lowest BCUT2D eigenvalue weighted by molar-refractivity contribution is -0.119. The number of aromatic nitrogens is 1. The minimum atomic E-state index is -2.00. The molecular weight excluding hydrogens is 392 g/mol. The van der Waals surface area contributed by atoms with Gasteiger partial charge in [-0.2, -0.15) is 0 Å². The Balaban J connectivity index is 1.66. The molecule has 2 N–H and O–H groups in total. The number of carbonyl (C=O) groups is 1. The Morgan fingerprint density at radius 1 is 1.17 bits per heavy atom. The normalized spacial score (nSPS) is 21.1. The lowest BCUT2D eigenvalue weighted by Gasteiger charge is -2.44. The molecule has 4 rings (SSSR count). The summed E-state index contributed by atoms with van der Waals surface area (Å²) >= 11 is -2.00. The zero-order valence-electron chi connectivity index (χ0n) is 16.4. The number of anilines is 4. The van der Waals surface area contributed by atoms with E-state index in [1.807, 2.05) is 19.1 Å². The van der Waals surface area contributed by atoms with Gasteiger partial charge in [-0.1, -0.05) is 0 Å². The van der Waals surface area contributed by atoms with Crippen molar-refractivity contribution in [1.82, 2.24) is 4.98 Å². The van der Waals surface area contributed by atoms with E-state index in [1.54, 1.807) is 36.2 Å². The monoisotopic (exact) mass is 416 g/mol. The molecule has 2 aliphatic heterocycles. The maximum absolute atomic E-state index is 12.8. The number of nitrogens with one attached hydrogen (secondary N) is 1. The molecule has 2 atom stereocenters. The fourth-order valence-corrected chi connectivity index (χ4v) is 4.29. The molecule has 154 valence electrons. The highest BCUT2D eigenvalue weighted by Gasteiger charge is 2.39. The Morgan fingerprint density at radius 2 is 1.86 bits per heavy atom. The molecule has 29 heavy (non-hydrogen) atoms. The van der Waals surface area contributed by atoms with Crippen molar-refractivity contribution in [2.45, 2.75) is 36.7 Å². The van der Waals surface area contributed by atoms with Gasteiger partial charge in [0.25, 0.3) is 0 Å². The van der Waals surface area contributed by atoms with Crippen LogP contribution in [0.3, 0.4) is 0 Å². The van der Waals surface area contributed by atoms with E-state index < -0.39 is 11.1 Å². The van der Waals surface area contributed by atoms with Gasteiger partial charge in [-0.05, 0) is 56.2 Å². The summed E-state index contributed by atoms with van der Waals surface area (Å²) in [5.41, 5.74) is 1.55. The largest absolute Gasteiger partial charge is 0.381 e. The van der Waals surface area contributed by atoms with Crippen molar-refractivity contribution in [3.05, 3.63) is 36.4 Å². The molecule has 0 saturated carbocycles. The number of benzene rings is 1. The van der Waals surface area contributed by atoms with Gasteiger partial charge < -0.3 is 24.4 Å². The quantitative estimate of drug-likeness (QED) is 0.740. The van der Waals surface area contributed by atoms with Crippen molar-refractivity contribution in [2.24, 2.45) is 0 Å². The molecule has 1 aromatic carbocycles. The number of hydrogen-bond acceptors (Lipinski definition) is 6. The molecule has 1 unspecified atom stereocenters. The van der Waals surface area contributed by atoms with E-state index in [0.717, 1.165) is 30.0 Å². The van der Waals surface area contributed by atoms with Crippen LogP contribution < -0.4 is 15.1 Å². The van der Waals surface area contributed by atoms with Crippen molar-refractivity contribution in [1.29, 1.82) is 0 Å². The molecule has 0 aliphatic carbocycles. The number of pyridine rings is 1. The minimum absolute atomic E-state index is 0.0547. The Morgan fingerprint density at radius 3 is 2.52 bits per heavy atom. The van der Waals surface area contributed by atoms with Crippen LogP contribution in [0.1, 0.15) is 19.8 Å². The van der Waals surface area contributed by atoms with Crippen LogP contribution in [0.15, 0.2) is 41.3 Å². The van der Waals surface area contributed by atoms with E-state index >= 15 is 0 Å². The molecule has 1 saturated heterocycles. The highest BCUT2D eigenvalue weighted by atomic mass is 32.2. The average molecular weight is 417 g/mol. The average Bonchev–Trinajstić information content (AvgIpc) is 2.73. The summed E-state index contributed by atoms with van der Waals surface area (Å²) < 4.78 is 25.8. The van der Waals surface area contributed by atoms with Gasteiger partial charge in [0.2, 0.25) is 5.91 Å². The fourth-order valence-electron chi connectivity index (χ4n) is 3.92. The molecule has 2 aliphatic rings. The maximum Gasteiger partial charge on any atom is 0.249 e. The second kappa shape index (κ2) is 8.10. The molecule has 3 heterocycles. The van der Waals surface area contributed by atoms with Gasteiger partial charge in [-0.25, -0.2) is 9.19 Å². The number of likely N-dealkylation sites (N-methyl/N-ethyl adjacent to an activating group) is 1. The molecule has 1 aromatic heterocycles. The molecule has 2 aromatic rings. The third-order valence-electron chi connectivity index (χ3n) is 5.48. The van der Waals surface area contributed by atoms with Gasteiger partial charge >= 0.3 is 0 Å². The van der Waals surface area contributed by atoms with Crippen LogP contribution in [0.25, 0.3) is 0 Å². The summed E-state index contributed by atoms with van der Waals surface area (Å²) in [7, 11) is 1.78. The van der Waals surface area contributed by atoms with Crippen LogP contribution in [0.2, 0.25) is 0 Å². The van der Waals surface area contributed by atoms with Crippen molar-refractivity contribution >= 4 is 40.0 Å². The highest BCUT2D eigenvalue weighted by molar-refractivity contribution is 7.79. The van der Waals surface area contributed by atoms with Gasteiger partial charge in [0.05, 0.1) is 10.6 Å². The number of rotatable bonds is 4. The standard InChI is InChI=1S/C20H24N4O4S/c1-13-20(25)23(2)17-7-8-18(21-14-3-5-16(6-4-14)29(26)27)22-19(17)24(13)15-9-11-28-12-10-15/h3-8,13,15H,9-12H2,1-2H3,(H,21,22)(H,26,27)/t13-/m1/s1. The third kappa shape index (κ3) is 3.85. The first-order valence-corrected chi connectivity index (χ1v) is 10.7. The SMILES string of the molecule is C[C@@H]1C(=O)N(C)c2ccc(Nc3ccc(S(=O)O)cc3)nc2N1C1CCOCC1. The fraction of sp³-hybridized carbons (Fsp3) is 0.400. The number of ether oxygens (including phenoxy) is 1. The van der Waals surface area contributed by atoms with Gasteiger partial charge in [-0.3, -0.25) is 4.79 Å². The number of amides is 1. The second-order valence-electron chi connectivity index (χ2n) is 7.26. The Hall–Kier alpha value is -2.49. The summed E-state index contributed by atoms with van der Waals surface area (Å²) in [5.74, 6) is 1.48. The Bertz CT molecular complexity index is 931. The summed E-state index contributed by atoms with van der Waals surface area (Å²) in [5, 5.41) is 3.24. The highest BCUT2D eigenvalue weighted by Crippen LogP contribution is 2.38. The lowest BCUT2D eigenvalue weighted by Crippen LogP contribution is -2.56. The van der Waals surface area contributed by atoms with Crippen LogP contribution in [-0.2, 0) is 20.6 Å².